The van der Waals surface area contributed by atoms with Gasteiger partial charge in [0.1, 0.15) is 0 Å². The van der Waals surface area contributed by atoms with Gasteiger partial charge in [0.15, 0.2) is 6.04 Å². The standard InChI is InChI=1S/C27H30Cl2N2O5/c28-22-13-19(16-6-8-17(9-7-16)25(33)30-24(15-32)27(35)36)14-23(29)21(22)12-18-10-11-31(26(18)34)20-4-2-1-3-5-20/h6-9,13-14,18,20,24,32H,1-5,10-12,15H2,(H,30,33)(H,35,36). The number of nitrogens with one attached hydrogen (secondary N) is 1. The van der Waals surface area contributed by atoms with Crippen molar-refractivity contribution in [1.29, 1.82) is 0 Å². The van der Waals surface area contributed by atoms with Gasteiger partial charge < -0.3 is 20.4 Å². The topological polar surface area (TPSA) is 107 Å². The molecule has 7 nitrogen and oxygen atoms in total. The second kappa shape index (κ2) is 11.6. The number of aliphatic carboxylic acids is 1. The predicted octanol–water partition coefficient (Wildman–Crippen LogP) is 4.56. The number of hydrogen-bond acceptors (Lipinski definition) is 4. The van der Waals surface area contributed by atoms with E-state index < -0.39 is 24.5 Å². The molecule has 2 atom stereocenters. The summed E-state index contributed by atoms with van der Waals surface area (Å²) in [5.74, 6) is -1.82. The van der Waals surface area contributed by atoms with Gasteiger partial charge in [-0.25, -0.2) is 4.79 Å². The fraction of sp³-hybridized carbons (Fsp3) is 0.444. The number of aliphatic hydroxyl groups is 1. The molecule has 36 heavy (non-hydrogen) atoms. The average molecular weight is 533 g/mol. The van der Waals surface area contributed by atoms with Crippen molar-refractivity contribution >= 4 is 41.0 Å². The number of hydrogen-bond donors (Lipinski definition) is 3. The molecule has 192 valence electrons. The van der Waals surface area contributed by atoms with E-state index in [1.807, 2.05) is 12.1 Å². The first-order chi connectivity index (χ1) is 17.3. The summed E-state index contributed by atoms with van der Waals surface area (Å²) < 4.78 is 0. The van der Waals surface area contributed by atoms with Crippen LogP contribution >= 0.6 is 23.2 Å². The summed E-state index contributed by atoms with van der Waals surface area (Å²) in [5.41, 5.74) is 2.57. The first-order valence-corrected chi connectivity index (χ1v) is 13.1. The Morgan fingerprint density at radius 3 is 2.22 bits per heavy atom. The fourth-order valence-corrected chi connectivity index (χ4v) is 5.80. The number of carbonyl (C=O) groups is 3. The summed E-state index contributed by atoms with van der Waals surface area (Å²) in [6.07, 6.45) is 7.14. The van der Waals surface area contributed by atoms with Crippen LogP contribution in [0.4, 0.5) is 0 Å². The Bertz CT molecular complexity index is 1110. The molecule has 0 radical (unpaired) electrons. The van der Waals surface area contributed by atoms with Crippen molar-refractivity contribution in [2.45, 2.75) is 57.0 Å². The van der Waals surface area contributed by atoms with Crippen molar-refractivity contribution in [1.82, 2.24) is 10.2 Å². The maximum atomic E-state index is 13.1. The van der Waals surface area contributed by atoms with Crippen molar-refractivity contribution in [3.8, 4) is 11.1 Å². The number of carboxylic acids is 1. The Morgan fingerprint density at radius 1 is 1.00 bits per heavy atom. The average Bonchev–Trinajstić information content (AvgIpc) is 3.24. The lowest BCUT2D eigenvalue weighted by Gasteiger charge is -2.31. The van der Waals surface area contributed by atoms with Gasteiger partial charge in [-0.05, 0) is 66.6 Å². The molecular formula is C27H30Cl2N2O5. The lowest BCUT2D eigenvalue weighted by atomic mass is 9.93. The molecular weight excluding hydrogens is 503 g/mol. The van der Waals surface area contributed by atoms with Crippen LogP contribution in [0.1, 0.15) is 54.4 Å². The lowest BCUT2D eigenvalue weighted by Crippen LogP contribution is -2.43. The van der Waals surface area contributed by atoms with E-state index in [0.717, 1.165) is 42.5 Å². The Balaban J connectivity index is 1.44. The molecule has 2 aromatic carbocycles. The van der Waals surface area contributed by atoms with Crippen LogP contribution in [0.5, 0.6) is 0 Å². The minimum Gasteiger partial charge on any atom is -0.480 e. The van der Waals surface area contributed by atoms with Crippen LogP contribution in [0.25, 0.3) is 11.1 Å². The van der Waals surface area contributed by atoms with Crippen LogP contribution in [0.15, 0.2) is 36.4 Å². The Hall–Kier alpha value is -2.61. The van der Waals surface area contributed by atoms with E-state index >= 15 is 0 Å². The van der Waals surface area contributed by atoms with Gasteiger partial charge in [0.2, 0.25) is 5.91 Å². The van der Waals surface area contributed by atoms with E-state index in [0.29, 0.717) is 22.5 Å². The molecule has 1 aliphatic carbocycles. The van der Waals surface area contributed by atoms with E-state index in [1.165, 1.54) is 19.3 Å². The molecule has 2 unspecified atom stereocenters. The molecule has 2 aromatic rings. The summed E-state index contributed by atoms with van der Waals surface area (Å²) in [7, 11) is 0. The third-order valence-electron chi connectivity index (χ3n) is 7.22. The smallest absolute Gasteiger partial charge is 0.328 e. The summed E-state index contributed by atoms with van der Waals surface area (Å²) in [4.78, 5) is 38.5. The largest absolute Gasteiger partial charge is 0.480 e. The van der Waals surface area contributed by atoms with E-state index in [-0.39, 0.29) is 17.4 Å². The van der Waals surface area contributed by atoms with Gasteiger partial charge in [-0.1, -0.05) is 54.6 Å². The van der Waals surface area contributed by atoms with Gasteiger partial charge in [0, 0.05) is 34.1 Å². The van der Waals surface area contributed by atoms with Crippen molar-refractivity contribution in [3.05, 3.63) is 57.6 Å². The van der Waals surface area contributed by atoms with Crippen molar-refractivity contribution in [3.63, 3.8) is 0 Å². The second-order valence-electron chi connectivity index (χ2n) is 9.56. The van der Waals surface area contributed by atoms with Crippen molar-refractivity contribution < 1.29 is 24.6 Å². The molecule has 3 N–H and O–H groups in total. The highest BCUT2D eigenvalue weighted by atomic mass is 35.5. The molecule has 0 aromatic heterocycles. The number of carboxylic acid groups (broad SMARTS) is 1. The van der Waals surface area contributed by atoms with E-state index in [2.05, 4.69) is 10.2 Å². The van der Waals surface area contributed by atoms with Gasteiger partial charge in [-0.15, -0.1) is 0 Å². The summed E-state index contributed by atoms with van der Waals surface area (Å²) >= 11 is 13.3. The third-order valence-corrected chi connectivity index (χ3v) is 7.90. The maximum Gasteiger partial charge on any atom is 0.328 e. The summed E-state index contributed by atoms with van der Waals surface area (Å²) in [5, 5.41) is 21.3. The van der Waals surface area contributed by atoms with Crippen LogP contribution in [-0.4, -0.2) is 58.1 Å². The van der Waals surface area contributed by atoms with E-state index in [9.17, 15) is 14.4 Å². The Morgan fingerprint density at radius 2 is 1.64 bits per heavy atom. The van der Waals surface area contributed by atoms with Gasteiger partial charge in [-0.3, -0.25) is 9.59 Å². The molecule has 9 heteroatoms. The quantitative estimate of drug-likeness (QED) is 0.461. The lowest BCUT2D eigenvalue weighted by molar-refractivity contribution is -0.140. The first kappa shape index (κ1) is 26.5. The fourth-order valence-electron chi connectivity index (χ4n) is 5.16. The predicted molar refractivity (Wildman–Crippen MR) is 138 cm³/mol. The second-order valence-corrected chi connectivity index (χ2v) is 10.4. The van der Waals surface area contributed by atoms with Crippen LogP contribution in [0.2, 0.25) is 10.0 Å². The number of rotatable bonds is 8. The molecule has 1 aliphatic heterocycles. The first-order valence-electron chi connectivity index (χ1n) is 12.3. The van der Waals surface area contributed by atoms with Crippen molar-refractivity contribution in [2.75, 3.05) is 13.2 Å². The zero-order chi connectivity index (χ0) is 25.8. The molecule has 2 aliphatic rings. The highest BCUT2D eigenvalue weighted by Gasteiger charge is 2.36. The minimum absolute atomic E-state index is 0.112. The molecule has 0 bridgehead atoms. The normalized spacial score (nSPS) is 19.4. The highest BCUT2D eigenvalue weighted by molar-refractivity contribution is 6.36. The molecule has 1 saturated carbocycles. The van der Waals surface area contributed by atoms with E-state index in [4.69, 9.17) is 33.4 Å². The zero-order valence-electron chi connectivity index (χ0n) is 19.9. The number of nitrogens with zero attached hydrogens (tertiary/aromatic N) is 1. The molecule has 2 fully saturated rings. The van der Waals surface area contributed by atoms with Crippen LogP contribution in [0, 0.1) is 5.92 Å². The summed E-state index contributed by atoms with van der Waals surface area (Å²) in [6, 6.07) is 9.17. The van der Waals surface area contributed by atoms with Crippen LogP contribution in [-0.2, 0) is 16.0 Å². The number of benzene rings is 2. The molecule has 2 amide bonds. The van der Waals surface area contributed by atoms with Crippen molar-refractivity contribution in [2.24, 2.45) is 5.92 Å². The Kier molecular flexibility index (Phi) is 8.54. The molecule has 0 spiro atoms. The number of aliphatic hydroxyl groups excluding tert-OH is 1. The molecule has 1 saturated heterocycles. The summed E-state index contributed by atoms with van der Waals surface area (Å²) in [6.45, 7) is 0.0977. The van der Waals surface area contributed by atoms with E-state index in [1.54, 1.807) is 24.3 Å². The minimum atomic E-state index is -1.37. The maximum absolute atomic E-state index is 13.1. The van der Waals surface area contributed by atoms with Crippen LogP contribution in [0.3, 0.4) is 0 Å². The van der Waals surface area contributed by atoms with Gasteiger partial charge >= 0.3 is 5.97 Å². The number of halogens is 2. The SMILES string of the molecule is O=C(NC(CO)C(=O)O)c1ccc(-c2cc(Cl)c(CC3CCN(C4CCCCC4)C3=O)c(Cl)c2)cc1. The number of likely N-dealkylation sites (tertiary alicyclic amines) is 1. The molecule has 1 heterocycles. The zero-order valence-corrected chi connectivity index (χ0v) is 21.4. The van der Waals surface area contributed by atoms with Gasteiger partial charge in [-0.2, -0.15) is 0 Å². The van der Waals surface area contributed by atoms with Crippen LogP contribution < -0.4 is 5.32 Å². The third kappa shape index (κ3) is 5.85. The molecule has 4 rings (SSSR count). The monoisotopic (exact) mass is 532 g/mol. The van der Waals surface area contributed by atoms with Gasteiger partial charge in [0.05, 0.1) is 6.61 Å². The number of carbonyl (C=O) groups excluding carboxylic acids is 2. The highest BCUT2D eigenvalue weighted by Crippen LogP contribution is 2.36. The van der Waals surface area contributed by atoms with Gasteiger partial charge in [0.25, 0.3) is 5.91 Å². The number of amides is 2. The Labute approximate surface area is 220 Å².